The van der Waals surface area contributed by atoms with Crippen LogP contribution in [0, 0.1) is 6.92 Å². The molecule has 3 rings (SSSR count). The second-order valence-electron chi connectivity index (χ2n) is 6.18. The Morgan fingerprint density at radius 3 is 2.62 bits per heavy atom. The third-order valence-corrected chi connectivity index (χ3v) is 5.32. The van der Waals surface area contributed by atoms with Crippen molar-refractivity contribution in [1.82, 2.24) is 9.88 Å². The van der Waals surface area contributed by atoms with E-state index in [1.54, 1.807) is 0 Å². The van der Waals surface area contributed by atoms with Gasteiger partial charge >= 0.3 is 0 Å². The van der Waals surface area contributed by atoms with Crippen LogP contribution in [-0.4, -0.2) is 47.4 Å². The first-order valence-corrected chi connectivity index (χ1v) is 8.55. The molecular formula is C16H23BrN2O2. The minimum atomic E-state index is -0.157. The van der Waals surface area contributed by atoms with Crippen LogP contribution in [0.1, 0.15) is 36.9 Å². The Bertz CT molecular complexity index is 495. The monoisotopic (exact) mass is 354 g/mol. The van der Waals surface area contributed by atoms with Gasteiger partial charge in [-0.05, 0) is 60.2 Å². The standard InChI is InChI=1S/C16H23BrN2O2/c1-12-10-13(17)11-18-15(12)16(4-2-14(20)3-5-16)19-6-8-21-9-7-19/h10-11,14,20H,2-9H2,1H3. The fourth-order valence-corrected chi connectivity index (χ4v) is 4.25. The molecule has 1 aromatic rings. The largest absolute Gasteiger partial charge is 0.393 e. The number of aryl methyl sites for hydroxylation is 1. The first-order chi connectivity index (χ1) is 10.1. The first kappa shape index (κ1) is 15.4. The quantitative estimate of drug-likeness (QED) is 0.886. The Balaban J connectivity index is 1.98. The summed E-state index contributed by atoms with van der Waals surface area (Å²) in [6.07, 6.45) is 5.40. The molecule has 0 aromatic carbocycles. The number of rotatable bonds is 2. The van der Waals surface area contributed by atoms with Gasteiger partial charge in [0.1, 0.15) is 0 Å². The minimum Gasteiger partial charge on any atom is -0.393 e. The molecule has 116 valence electrons. The molecule has 4 nitrogen and oxygen atoms in total. The van der Waals surface area contributed by atoms with Crippen LogP contribution >= 0.6 is 15.9 Å². The Hall–Kier alpha value is -0.490. The summed E-state index contributed by atoms with van der Waals surface area (Å²) in [7, 11) is 0. The van der Waals surface area contributed by atoms with E-state index in [0.29, 0.717) is 0 Å². The van der Waals surface area contributed by atoms with Gasteiger partial charge in [0.15, 0.2) is 0 Å². The van der Waals surface area contributed by atoms with Crippen LogP contribution in [-0.2, 0) is 10.3 Å². The summed E-state index contributed by atoms with van der Waals surface area (Å²) in [4.78, 5) is 7.30. The maximum absolute atomic E-state index is 9.93. The number of morpholine rings is 1. The third-order valence-electron chi connectivity index (χ3n) is 4.88. The highest BCUT2D eigenvalue weighted by atomic mass is 79.9. The van der Waals surface area contributed by atoms with E-state index in [2.05, 4.69) is 33.8 Å². The number of aromatic nitrogens is 1. The number of halogens is 1. The lowest BCUT2D eigenvalue weighted by Gasteiger charge is -2.49. The predicted molar refractivity (Wildman–Crippen MR) is 85.2 cm³/mol. The van der Waals surface area contributed by atoms with E-state index in [-0.39, 0.29) is 11.6 Å². The maximum atomic E-state index is 9.93. The lowest BCUT2D eigenvalue weighted by Crippen LogP contribution is -2.54. The number of nitrogens with zero attached hydrogens (tertiary/aromatic N) is 2. The fraction of sp³-hybridized carbons (Fsp3) is 0.688. The van der Waals surface area contributed by atoms with Gasteiger partial charge in [0.05, 0.1) is 30.6 Å². The summed E-state index contributed by atoms with van der Waals surface area (Å²) < 4.78 is 6.55. The molecule has 2 fully saturated rings. The number of aliphatic hydroxyl groups is 1. The van der Waals surface area contributed by atoms with Crippen molar-refractivity contribution in [3.8, 4) is 0 Å². The molecule has 0 bridgehead atoms. The number of hydrogen-bond acceptors (Lipinski definition) is 4. The Kier molecular flexibility index (Phi) is 4.64. The molecule has 1 aliphatic carbocycles. The van der Waals surface area contributed by atoms with E-state index in [9.17, 15) is 5.11 Å². The van der Waals surface area contributed by atoms with E-state index in [0.717, 1.165) is 56.5 Å². The molecule has 1 aliphatic heterocycles. The molecule has 0 spiro atoms. The molecule has 2 heterocycles. The highest BCUT2D eigenvalue weighted by molar-refractivity contribution is 9.10. The number of ether oxygens (including phenoxy) is 1. The van der Waals surface area contributed by atoms with Gasteiger partial charge in [0.25, 0.3) is 0 Å². The van der Waals surface area contributed by atoms with Gasteiger partial charge in [0.2, 0.25) is 0 Å². The van der Waals surface area contributed by atoms with Crippen molar-refractivity contribution in [2.75, 3.05) is 26.3 Å². The molecule has 0 atom stereocenters. The van der Waals surface area contributed by atoms with E-state index < -0.39 is 0 Å². The van der Waals surface area contributed by atoms with E-state index >= 15 is 0 Å². The minimum absolute atomic E-state index is 0.0339. The van der Waals surface area contributed by atoms with Gasteiger partial charge in [-0.3, -0.25) is 9.88 Å². The average Bonchev–Trinajstić information content (AvgIpc) is 2.50. The lowest BCUT2D eigenvalue weighted by molar-refractivity contribution is -0.0575. The SMILES string of the molecule is Cc1cc(Br)cnc1C1(N2CCOCC2)CCC(O)CC1. The maximum Gasteiger partial charge on any atom is 0.0639 e. The van der Waals surface area contributed by atoms with Crippen molar-refractivity contribution in [1.29, 1.82) is 0 Å². The van der Waals surface area contributed by atoms with Gasteiger partial charge in [-0.15, -0.1) is 0 Å². The molecule has 0 radical (unpaired) electrons. The van der Waals surface area contributed by atoms with Crippen molar-refractivity contribution in [2.45, 2.75) is 44.2 Å². The van der Waals surface area contributed by atoms with E-state index in [1.807, 2.05) is 6.20 Å². The molecule has 1 saturated heterocycles. The molecule has 0 amide bonds. The van der Waals surface area contributed by atoms with Crippen molar-refractivity contribution < 1.29 is 9.84 Å². The Labute approximate surface area is 134 Å². The van der Waals surface area contributed by atoms with Crippen LogP contribution in [0.5, 0.6) is 0 Å². The topological polar surface area (TPSA) is 45.6 Å². The van der Waals surface area contributed by atoms with Crippen LogP contribution in [0.2, 0.25) is 0 Å². The molecular weight excluding hydrogens is 332 g/mol. The summed E-state index contributed by atoms with van der Waals surface area (Å²) in [5, 5.41) is 9.93. The van der Waals surface area contributed by atoms with Crippen LogP contribution < -0.4 is 0 Å². The molecule has 1 N–H and O–H groups in total. The molecule has 1 aromatic heterocycles. The van der Waals surface area contributed by atoms with Crippen LogP contribution in [0.25, 0.3) is 0 Å². The number of hydrogen-bond donors (Lipinski definition) is 1. The van der Waals surface area contributed by atoms with E-state index in [1.165, 1.54) is 11.3 Å². The summed E-state index contributed by atoms with van der Waals surface area (Å²) >= 11 is 3.51. The highest BCUT2D eigenvalue weighted by Gasteiger charge is 2.43. The Morgan fingerprint density at radius 1 is 1.33 bits per heavy atom. The molecule has 21 heavy (non-hydrogen) atoms. The molecule has 2 aliphatic rings. The molecule has 1 saturated carbocycles. The Morgan fingerprint density at radius 2 is 2.00 bits per heavy atom. The predicted octanol–water partition coefficient (Wildman–Crippen LogP) is 2.61. The van der Waals surface area contributed by atoms with E-state index in [4.69, 9.17) is 9.72 Å². The molecule has 5 heteroatoms. The van der Waals surface area contributed by atoms with Crippen molar-refractivity contribution in [2.24, 2.45) is 0 Å². The first-order valence-electron chi connectivity index (χ1n) is 7.75. The highest BCUT2D eigenvalue weighted by Crippen LogP contribution is 2.43. The number of pyridine rings is 1. The van der Waals surface area contributed by atoms with Gasteiger partial charge in [0, 0.05) is 23.8 Å². The summed E-state index contributed by atoms with van der Waals surface area (Å²) in [5.41, 5.74) is 2.38. The fourth-order valence-electron chi connectivity index (χ4n) is 3.80. The second kappa shape index (κ2) is 6.32. The second-order valence-corrected chi connectivity index (χ2v) is 7.10. The van der Waals surface area contributed by atoms with Gasteiger partial charge in [-0.1, -0.05) is 0 Å². The summed E-state index contributed by atoms with van der Waals surface area (Å²) in [6, 6.07) is 2.15. The smallest absolute Gasteiger partial charge is 0.0639 e. The third kappa shape index (κ3) is 3.02. The summed E-state index contributed by atoms with van der Waals surface area (Å²) in [5.74, 6) is 0. The average molecular weight is 355 g/mol. The van der Waals surface area contributed by atoms with Crippen LogP contribution in [0.15, 0.2) is 16.7 Å². The van der Waals surface area contributed by atoms with Crippen molar-refractivity contribution in [3.63, 3.8) is 0 Å². The zero-order chi connectivity index (χ0) is 14.9. The molecule has 0 unspecified atom stereocenters. The van der Waals surface area contributed by atoms with Crippen LogP contribution in [0.4, 0.5) is 0 Å². The zero-order valence-electron chi connectivity index (χ0n) is 12.5. The van der Waals surface area contributed by atoms with Gasteiger partial charge in [-0.25, -0.2) is 0 Å². The van der Waals surface area contributed by atoms with Gasteiger partial charge < -0.3 is 9.84 Å². The zero-order valence-corrected chi connectivity index (χ0v) is 14.1. The normalized spacial score (nSPS) is 31.3. The summed E-state index contributed by atoms with van der Waals surface area (Å²) in [6.45, 7) is 5.63. The van der Waals surface area contributed by atoms with Gasteiger partial charge in [-0.2, -0.15) is 0 Å². The number of aliphatic hydroxyl groups excluding tert-OH is 1. The van der Waals surface area contributed by atoms with Crippen molar-refractivity contribution >= 4 is 15.9 Å². The lowest BCUT2D eigenvalue weighted by atomic mass is 9.75. The van der Waals surface area contributed by atoms with Crippen LogP contribution in [0.3, 0.4) is 0 Å². The van der Waals surface area contributed by atoms with Crippen molar-refractivity contribution in [3.05, 3.63) is 28.0 Å².